The number of carbonyl (C=O) groups excluding carboxylic acids is 2. The van der Waals surface area contributed by atoms with Crippen molar-refractivity contribution in [1.82, 2.24) is 5.32 Å². The number of benzene rings is 1. The second-order valence-corrected chi connectivity index (χ2v) is 6.71. The van der Waals surface area contributed by atoms with Gasteiger partial charge in [0, 0.05) is 28.6 Å². The highest BCUT2D eigenvalue weighted by molar-refractivity contribution is 6.35. The van der Waals surface area contributed by atoms with Crippen LogP contribution in [-0.4, -0.2) is 24.2 Å². The van der Waals surface area contributed by atoms with Gasteiger partial charge in [-0.2, -0.15) is 0 Å². The van der Waals surface area contributed by atoms with Gasteiger partial charge in [0.15, 0.2) is 0 Å². The van der Waals surface area contributed by atoms with Gasteiger partial charge in [-0.1, -0.05) is 29.3 Å². The Balaban J connectivity index is 2.24. The van der Waals surface area contributed by atoms with Gasteiger partial charge in [-0.05, 0) is 39.3 Å². The molecule has 1 aromatic rings. The van der Waals surface area contributed by atoms with E-state index < -0.39 is 11.7 Å². The summed E-state index contributed by atoms with van der Waals surface area (Å²) in [4.78, 5) is 23.1. The lowest BCUT2D eigenvalue weighted by molar-refractivity contribution is -0.145. The molecule has 0 radical (unpaired) electrons. The molecule has 0 atom stereocenters. The lowest BCUT2D eigenvalue weighted by atomic mass is 10.2. The summed E-state index contributed by atoms with van der Waals surface area (Å²) in [6, 6.07) is 5.08. The number of amides is 1. The highest BCUT2D eigenvalue weighted by Gasteiger charge is 2.15. The summed E-state index contributed by atoms with van der Waals surface area (Å²) in [5, 5.41) is 3.49. The minimum Gasteiger partial charge on any atom is -0.461 e. The molecule has 1 rings (SSSR count). The maximum atomic E-state index is 11.7. The van der Waals surface area contributed by atoms with Crippen LogP contribution in [0.4, 0.5) is 4.79 Å². The van der Waals surface area contributed by atoms with Gasteiger partial charge >= 0.3 is 12.1 Å². The SMILES string of the molecule is CC(C)(C)OC(=O)NCCCC(=O)OCc1c(Cl)cccc1Cl. The summed E-state index contributed by atoms with van der Waals surface area (Å²) >= 11 is 12.0. The minimum absolute atomic E-state index is 0.0246. The van der Waals surface area contributed by atoms with E-state index in [-0.39, 0.29) is 19.0 Å². The second-order valence-electron chi connectivity index (χ2n) is 5.89. The number of ether oxygens (including phenoxy) is 2. The Morgan fingerprint density at radius 3 is 2.35 bits per heavy atom. The van der Waals surface area contributed by atoms with E-state index in [1.807, 2.05) is 0 Å². The fraction of sp³-hybridized carbons (Fsp3) is 0.500. The van der Waals surface area contributed by atoms with Crippen molar-refractivity contribution in [1.29, 1.82) is 0 Å². The maximum absolute atomic E-state index is 11.7. The van der Waals surface area contributed by atoms with Crippen molar-refractivity contribution < 1.29 is 19.1 Å². The van der Waals surface area contributed by atoms with E-state index in [0.717, 1.165) is 0 Å². The maximum Gasteiger partial charge on any atom is 0.407 e. The number of esters is 1. The number of hydrogen-bond donors (Lipinski definition) is 1. The molecule has 0 saturated carbocycles. The molecule has 0 bridgehead atoms. The molecule has 0 saturated heterocycles. The van der Waals surface area contributed by atoms with Gasteiger partial charge < -0.3 is 14.8 Å². The van der Waals surface area contributed by atoms with Crippen LogP contribution in [-0.2, 0) is 20.9 Å². The van der Waals surface area contributed by atoms with E-state index in [1.165, 1.54) is 0 Å². The summed E-state index contributed by atoms with van der Waals surface area (Å²) in [6.07, 6.45) is 0.125. The van der Waals surface area contributed by atoms with Crippen molar-refractivity contribution in [3.63, 3.8) is 0 Å². The lowest BCUT2D eigenvalue weighted by Crippen LogP contribution is -2.33. The monoisotopic (exact) mass is 361 g/mol. The Morgan fingerprint density at radius 1 is 1.17 bits per heavy atom. The fourth-order valence-electron chi connectivity index (χ4n) is 1.63. The number of rotatable bonds is 6. The van der Waals surface area contributed by atoms with Crippen molar-refractivity contribution in [2.75, 3.05) is 6.54 Å². The molecule has 0 spiro atoms. The van der Waals surface area contributed by atoms with Crippen molar-refractivity contribution in [2.45, 2.75) is 45.8 Å². The van der Waals surface area contributed by atoms with Crippen LogP contribution in [0.5, 0.6) is 0 Å². The molecule has 0 heterocycles. The van der Waals surface area contributed by atoms with Gasteiger partial charge in [-0.25, -0.2) is 4.79 Å². The number of nitrogens with one attached hydrogen (secondary N) is 1. The molecule has 1 amide bonds. The first-order chi connectivity index (χ1) is 10.7. The van der Waals surface area contributed by atoms with Crippen molar-refractivity contribution in [2.24, 2.45) is 0 Å². The van der Waals surface area contributed by atoms with Gasteiger partial charge in [0.2, 0.25) is 0 Å². The van der Waals surface area contributed by atoms with Crippen LogP contribution in [0.15, 0.2) is 18.2 Å². The number of alkyl carbamates (subject to hydrolysis) is 1. The van der Waals surface area contributed by atoms with Crippen LogP contribution in [0.3, 0.4) is 0 Å². The molecule has 0 aromatic heterocycles. The molecule has 0 aliphatic rings. The summed E-state index contributed by atoms with van der Waals surface area (Å²) < 4.78 is 10.2. The summed E-state index contributed by atoms with van der Waals surface area (Å²) in [5.41, 5.74) is 0.0353. The first-order valence-corrected chi connectivity index (χ1v) is 8.00. The van der Waals surface area contributed by atoms with E-state index in [2.05, 4.69) is 5.32 Å². The molecule has 128 valence electrons. The van der Waals surface area contributed by atoms with Gasteiger partial charge in [0.25, 0.3) is 0 Å². The molecule has 0 unspecified atom stereocenters. The third-order valence-electron chi connectivity index (χ3n) is 2.67. The van der Waals surface area contributed by atoms with Gasteiger partial charge in [-0.3, -0.25) is 4.79 Å². The van der Waals surface area contributed by atoms with Crippen LogP contribution < -0.4 is 5.32 Å². The van der Waals surface area contributed by atoms with Crippen molar-refractivity contribution >= 4 is 35.3 Å². The van der Waals surface area contributed by atoms with Crippen LogP contribution in [0.25, 0.3) is 0 Å². The molecule has 23 heavy (non-hydrogen) atoms. The molecular formula is C16H21Cl2NO4. The quantitative estimate of drug-likeness (QED) is 0.604. The smallest absolute Gasteiger partial charge is 0.407 e. The number of carbonyl (C=O) groups is 2. The zero-order valence-electron chi connectivity index (χ0n) is 13.4. The van der Waals surface area contributed by atoms with Crippen LogP contribution in [0, 0.1) is 0 Å². The highest BCUT2D eigenvalue weighted by atomic mass is 35.5. The molecule has 1 aromatic carbocycles. The predicted molar refractivity (Wildman–Crippen MR) is 89.7 cm³/mol. The first-order valence-electron chi connectivity index (χ1n) is 7.24. The Hall–Kier alpha value is -1.46. The van der Waals surface area contributed by atoms with Crippen molar-refractivity contribution in [3.8, 4) is 0 Å². The predicted octanol–water partition coefficient (Wildman–Crippen LogP) is 4.34. The van der Waals surface area contributed by atoms with E-state index in [1.54, 1.807) is 39.0 Å². The molecular weight excluding hydrogens is 341 g/mol. The topological polar surface area (TPSA) is 64.6 Å². The van der Waals surface area contributed by atoms with Crippen LogP contribution in [0.1, 0.15) is 39.2 Å². The highest BCUT2D eigenvalue weighted by Crippen LogP contribution is 2.24. The van der Waals surface area contributed by atoms with Crippen molar-refractivity contribution in [3.05, 3.63) is 33.8 Å². The number of hydrogen-bond acceptors (Lipinski definition) is 4. The van der Waals surface area contributed by atoms with Gasteiger partial charge in [0.05, 0.1) is 0 Å². The zero-order chi connectivity index (χ0) is 17.5. The third-order valence-corrected chi connectivity index (χ3v) is 3.37. The fourth-order valence-corrected chi connectivity index (χ4v) is 2.14. The van der Waals surface area contributed by atoms with E-state index in [9.17, 15) is 9.59 Å². The molecule has 7 heteroatoms. The third kappa shape index (κ3) is 8.09. The molecule has 1 N–H and O–H groups in total. The van der Waals surface area contributed by atoms with E-state index >= 15 is 0 Å². The largest absolute Gasteiger partial charge is 0.461 e. The summed E-state index contributed by atoms with van der Waals surface area (Å²) in [7, 11) is 0. The molecule has 0 aliphatic heterocycles. The van der Waals surface area contributed by atoms with E-state index in [0.29, 0.717) is 28.6 Å². The minimum atomic E-state index is -0.544. The average molecular weight is 362 g/mol. The summed E-state index contributed by atoms with van der Waals surface area (Å²) in [6.45, 7) is 5.70. The average Bonchev–Trinajstić information content (AvgIpc) is 2.41. The Bertz CT molecular complexity index is 535. The first kappa shape index (κ1) is 19.6. The Morgan fingerprint density at radius 2 is 1.78 bits per heavy atom. The van der Waals surface area contributed by atoms with Crippen LogP contribution in [0.2, 0.25) is 10.0 Å². The Kier molecular flexibility index (Phi) is 7.65. The van der Waals surface area contributed by atoms with Gasteiger partial charge in [-0.15, -0.1) is 0 Å². The molecule has 5 nitrogen and oxygen atoms in total. The standard InChI is InChI=1S/C16H21Cl2NO4/c1-16(2,3)23-15(21)19-9-5-8-14(20)22-10-11-12(17)6-4-7-13(11)18/h4,6-7H,5,8-10H2,1-3H3,(H,19,21). The van der Waals surface area contributed by atoms with Gasteiger partial charge in [0.1, 0.15) is 12.2 Å². The normalized spacial score (nSPS) is 11.0. The summed E-state index contributed by atoms with van der Waals surface area (Å²) in [5.74, 6) is -0.382. The lowest BCUT2D eigenvalue weighted by Gasteiger charge is -2.19. The number of halogens is 2. The molecule has 0 aliphatic carbocycles. The van der Waals surface area contributed by atoms with Crippen LogP contribution >= 0.6 is 23.2 Å². The second kappa shape index (κ2) is 8.99. The van der Waals surface area contributed by atoms with E-state index in [4.69, 9.17) is 32.7 Å². The zero-order valence-corrected chi connectivity index (χ0v) is 15.0. The molecule has 0 fully saturated rings. The Labute approximate surface area is 146 Å².